The zero-order chi connectivity index (χ0) is 54.4. The van der Waals surface area contributed by atoms with Gasteiger partial charge < -0.3 is 38.8 Å². The molecule has 0 unspecified atom stereocenters. The van der Waals surface area contributed by atoms with Gasteiger partial charge in [-0.1, -0.05) is 33.6 Å². The Morgan fingerprint density at radius 3 is 2.51 bits per heavy atom. The minimum absolute atomic E-state index is 0.0229. The number of cyclic esters (lactones) is 1. The van der Waals surface area contributed by atoms with E-state index in [2.05, 4.69) is 32.5 Å². The predicted molar refractivity (Wildman–Crippen MR) is 276 cm³/mol. The number of halogens is 3. The molecule has 0 aliphatic carbocycles. The predicted octanol–water partition coefficient (Wildman–Crippen LogP) is 5.49. The number of benzene rings is 1. The molecule has 1 spiro atoms. The molecule has 6 bridgehead atoms. The Kier molecular flexibility index (Phi) is 16.1. The van der Waals surface area contributed by atoms with Crippen LogP contribution in [0.15, 0.2) is 36.5 Å². The SMILES string of the molecule is CO[C@@H](C)c1ncccc1-c1c2c3cc(ccc3n1CC(F)(F)F)N1CCO[C@@H](C[C@H](NC(=O)[C@H](C(C)C)N3CC[C@@]4(CCN(C(=O)C#CC(C)(C)N(C)C)C4)C3=O)C(=O)N3CCC[C@H](N3)C(=O)OCC(C)(C)C2)C1. The molecule has 0 radical (unpaired) electrons. The van der Waals surface area contributed by atoms with Gasteiger partial charge in [0.15, 0.2) is 0 Å². The highest BCUT2D eigenvalue weighted by molar-refractivity contribution is 5.98. The van der Waals surface area contributed by atoms with Crippen molar-refractivity contribution < 1.29 is 51.4 Å². The summed E-state index contributed by atoms with van der Waals surface area (Å²) >= 11 is 0. The molecule has 4 saturated heterocycles. The van der Waals surface area contributed by atoms with Gasteiger partial charge in [-0.15, -0.1) is 0 Å². The summed E-state index contributed by atoms with van der Waals surface area (Å²) in [6.45, 7) is 13.8. The van der Waals surface area contributed by atoms with Gasteiger partial charge in [-0.3, -0.25) is 38.9 Å². The lowest BCUT2D eigenvalue weighted by molar-refractivity contribution is -0.156. The number of likely N-dealkylation sites (tertiary alicyclic amines) is 2. The summed E-state index contributed by atoms with van der Waals surface area (Å²) < 4.78 is 63.7. The Morgan fingerprint density at radius 2 is 1.80 bits per heavy atom. The number of anilines is 1. The number of hydrazine groups is 1. The number of hydrogen-bond donors (Lipinski definition) is 2. The fourth-order valence-electron chi connectivity index (χ4n) is 11.3. The van der Waals surface area contributed by atoms with E-state index in [1.54, 1.807) is 47.2 Å². The summed E-state index contributed by atoms with van der Waals surface area (Å²) in [7, 11) is 5.30. The third-order valence-corrected chi connectivity index (χ3v) is 16.0. The molecule has 3 aromatic rings. The van der Waals surface area contributed by atoms with Crippen molar-refractivity contribution >= 4 is 46.2 Å². The quantitative estimate of drug-likeness (QED) is 0.204. The van der Waals surface area contributed by atoms with Crippen LogP contribution in [0.3, 0.4) is 0 Å². The van der Waals surface area contributed by atoms with Crippen LogP contribution in [-0.4, -0.2) is 168 Å². The Morgan fingerprint density at radius 1 is 1.05 bits per heavy atom. The number of esters is 1. The number of pyridine rings is 1. The fourth-order valence-corrected chi connectivity index (χ4v) is 11.3. The van der Waals surface area contributed by atoms with Gasteiger partial charge in [0.1, 0.15) is 24.7 Å². The first-order valence-electron chi connectivity index (χ1n) is 26.2. The van der Waals surface area contributed by atoms with Gasteiger partial charge in [-0.2, -0.15) is 13.2 Å². The van der Waals surface area contributed by atoms with Gasteiger partial charge in [-0.05, 0) is 115 Å². The number of nitrogens with zero attached hydrogens (tertiary/aromatic N) is 7. The number of rotatable bonds is 9. The van der Waals surface area contributed by atoms with E-state index in [9.17, 15) is 37.1 Å². The monoisotopic (exact) mass is 1050 g/mol. The topological polar surface area (TPSA) is 171 Å². The number of aromatic nitrogens is 2. The first-order chi connectivity index (χ1) is 35.3. The number of hydrogen-bond acceptors (Lipinski definition) is 12. The smallest absolute Gasteiger partial charge is 0.406 e. The molecular formula is C55H74F3N9O8. The number of methoxy groups -OCH3 is 1. The van der Waals surface area contributed by atoms with E-state index in [1.165, 1.54) is 16.7 Å². The second-order valence-corrected chi connectivity index (χ2v) is 22.9. The Hall–Kier alpha value is -5.75. The van der Waals surface area contributed by atoms with E-state index < -0.39 is 77.2 Å². The maximum atomic E-state index is 14.9. The van der Waals surface area contributed by atoms with E-state index in [1.807, 2.05) is 66.6 Å². The third kappa shape index (κ3) is 11.8. The molecular weight excluding hydrogens is 972 g/mol. The highest BCUT2D eigenvalue weighted by atomic mass is 19.4. The normalized spacial score (nSPS) is 24.6. The molecule has 1 aromatic carbocycles. The molecule has 5 aliphatic rings. The van der Waals surface area contributed by atoms with Gasteiger partial charge in [0, 0.05) is 86.6 Å². The molecule has 0 saturated carbocycles. The van der Waals surface area contributed by atoms with Crippen molar-refractivity contribution in [3.63, 3.8) is 0 Å². The van der Waals surface area contributed by atoms with Crippen LogP contribution >= 0.6 is 0 Å². The minimum Gasteiger partial charge on any atom is -0.464 e. The number of fused-ring (bicyclic) bond motifs is 6. The summed E-state index contributed by atoms with van der Waals surface area (Å²) in [4.78, 5) is 83.4. The summed E-state index contributed by atoms with van der Waals surface area (Å²) in [5.41, 5.74) is 3.91. The molecule has 4 fully saturated rings. The lowest BCUT2D eigenvalue weighted by Crippen LogP contribution is -2.62. The van der Waals surface area contributed by atoms with Crippen LogP contribution in [0, 0.1) is 28.6 Å². The van der Waals surface area contributed by atoms with Crippen molar-refractivity contribution in [2.45, 2.75) is 136 Å². The number of morpholine rings is 1. The number of carbonyl (C=O) groups is 5. The number of nitrogens with one attached hydrogen (secondary N) is 2. The van der Waals surface area contributed by atoms with Crippen LogP contribution in [0.25, 0.3) is 22.2 Å². The Balaban J connectivity index is 1.12. The number of carbonyl (C=O) groups excluding carboxylic acids is 5. The van der Waals surface area contributed by atoms with Crippen molar-refractivity contribution in [2.24, 2.45) is 16.7 Å². The lowest BCUT2D eigenvalue weighted by Gasteiger charge is -2.39. The highest BCUT2D eigenvalue weighted by Crippen LogP contribution is 2.44. The van der Waals surface area contributed by atoms with Crippen LogP contribution in [-0.2, 0) is 51.1 Å². The fraction of sp³-hybridized carbons (Fsp3) is 0.636. The van der Waals surface area contributed by atoms with E-state index in [0.29, 0.717) is 72.2 Å². The summed E-state index contributed by atoms with van der Waals surface area (Å²) in [6, 6.07) is 5.83. The van der Waals surface area contributed by atoms with E-state index in [0.717, 1.165) is 5.69 Å². The van der Waals surface area contributed by atoms with Crippen molar-refractivity contribution in [3.05, 3.63) is 47.8 Å². The van der Waals surface area contributed by atoms with Gasteiger partial charge in [0.25, 0.3) is 11.8 Å². The van der Waals surface area contributed by atoms with E-state index >= 15 is 0 Å². The van der Waals surface area contributed by atoms with Crippen molar-refractivity contribution in [1.29, 1.82) is 0 Å². The summed E-state index contributed by atoms with van der Waals surface area (Å²) in [6.07, 6.45) is -2.24. The molecule has 5 aliphatic heterocycles. The third-order valence-electron chi connectivity index (χ3n) is 16.0. The highest BCUT2D eigenvalue weighted by Gasteiger charge is 2.54. The van der Waals surface area contributed by atoms with Crippen LogP contribution in [0.4, 0.5) is 18.9 Å². The largest absolute Gasteiger partial charge is 0.464 e. The maximum absolute atomic E-state index is 14.9. The summed E-state index contributed by atoms with van der Waals surface area (Å²) in [5, 5.41) is 5.00. The van der Waals surface area contributed by atoms with Crippen LogP contribution < -0.4 is 15.6 Å². The van der Waals surface area contributed by atoms with Gasteiger partial charge in [0.2, 0.25) is 11.8 Å². The molecule has 4 amide bonds. The zero-order valence-corrected chi connectivity index (χ0v) is 45.1. The first-order valence-corrected chi connectivity index (χ1v) is 26.2. The molecule has 8 rings (SSSR count). The maximum Gasteiger partial charge on any atom is 0.406 e. The Labute approximate surface area is 438 Å². The van der Waals surface area contributed by atoms with Crippen molar-refractivity contribution in [2.75, 3.05) is 78.6 Å². The Bertz CT molecular complexity index is 2730. The molecule has 2 aromatic heterocycles. The number of alkyl halides is 3. The molecule has 2 N–H and O–H groups in total. The molecule has 75 heavy (non-hydrogen) atoms. The lowest BCUT2D eigenvalue weighted by atomic mass is 9.84. The molecule has 7 heterocycles. The standard InChI is InChI=1S/C55H74F3N9O8/c1-34(2)46(65-24-20-54(51(65)72)19-23-64(31-54)44(68)17-18-53(6,7)62(8)9)48(69)60-42-28-37-30-63(25-26-74-37)36-15-16-43-39(27-36)40(29-52(4,5)33-75-50(71)41-14-12-22-67(61-41)49(42)70)47(66(43)32-55(56,57)58)38-13-11-21-59-45(38)35(3)73-10/h11,13,15-16,21,27,34-35,37,41-42,46,61H,12,14,19-20,22-26,28-33H2,1-10H3,(H,60,69)/t35-,37-,41-,42-,46-,54+/m0/s1. The van der Waals surface area contributed by atoms with Crippen LogP contribution in [0.1, 0.15) is 97.9 Å². The second-order valence-electron chi connectivity index (χ2n) is 22.9. The average molecular weight is 1050 g/mol. The number of amides is 4. The van der Waals surface area contributed by atoms with Crippen molar-refractivity contribution in [3.8, 4) is 23.1 Å². The summed E-state index contributed by atoms with van der Waals surface area (Å²) in [5.74, 6) is 3.29. The minimum atomic E-state index is -4.59. The average Bonchev–Trinajstić information content (AvgIpc) is 4.03. The van der Waals surface area contributed by atoms with E-state index in [4.69, 9.17) is 14.2 Å². The van der Waals surface area contributed by atoms with Crippen molar-refractivity contribution in [1.82, 2.24) is 40.0 Å². The van der Waals surface area contributed by atoms with E-state index in [-0.39, 0.29) is 70.0 Å². The van der Waals surface area contributed by atoms with Gasteiger partial charge >= 0.3 is 12.1 Å². The molecule has 17 nitrogen and oxygen atoms in total. The zero-order valence-electron chi connectivity index (χ0n) is 45.1. The van der Waals surface area contributed by atoms with Crippen LogP contribution in [0.2, 0.25) is 0 Å². The molecule has 408 valence electrons. The van der Waals surface area contributed by atoms with Gasteiger partial charge in [0.05, 0.1) is 47.8 Å². The second kappa shape index (κ2) is 21.7. The van der Waals surface area contributed by atoms with Crippen LogP contribution in [0.5, 0.6) is 0 Å². The number of ether oxygens (including phenoxy) is 3. The first kappa shape index (κ1) is 55.5. The van der Waals surface area contributed by atoms with Gasteiger partial charge in [-0.25, -0.2) is 5.43 Å². The molecule has 6 atom stereocenters. The molecule has 20 heteroatoms.